The van der Waals surface area contributed by atoms with Crippen LogP contribution in [0.1, 0.15) is 12.8 Å². The molecule has 1 fully saturated rings. The Kier molecular flexibility index (Phi) is 5.61. The van der Waals surface area contributed by atoms with Crippen LogP contribution in [0, 0.1) is 5.92 Å². The molecule has 0 bridgehead atoms. The number of rotatable bonds is 4. The van der Waals surface area contributed by atoms with E-state index < -0.39 is 0 Å². The molecular weight excluding hydrogens is 351 g/mol. The summed E-state index contributed by atoms with van der Waals surface area (Å²) in [5.41, 5.74) is 0.846. The summed E-state index contributed by atoms with van der Waals surface area (Å²) in [6, 6.07) is 5.34. The van der Waals surface area contributed by atoms with Gasteiger partial charge in [-0.15, -0.1) is 0 Å². The molecular formula is C16H20Cl2N4O2. The van der Waals surface area contributed by atoms with Crippen LogP contribution in [0.2, 0.25) is 10.0 Å². The minimum atomic E-state index is -0.0664. The van der Waals surface area contributed by atoms with E-state index in [4.69, 9.17) is 28.3 Å². The van der Waals surface area contributed by atoms with Gasteiger partial charge >= 0.3 is 0 Å². The summed E-state index contributed by atoms with van der Waals surface area (Å²) in [6.45, 7) is 2.82. The number of carbonyl (C=O) groups excluding carboxylic acids is 1. The highest BCUT2D eigenvalue weighted by Crippen LogP contribution is 2.28. The highest BCUT2D eigenvalue weighted by Gasteiger charge is 2.24. The average molecular weight is 371 g/mol. The average Bonchev–Trinajstić information content (AvgIpc) is 3.19. The van der Waals surface area contributed by atoms with Crippen LogP contribution >= 0.6 is 23.2 Å². The van der Waals surface area contributed by atoms with Crippen LogP contribution in [0.5, 0.6) is 0 Å². The van der Waals surface area contributed by atoms with Crippen molar-refractivity contribution >= 4 is 40.6 Å². The SMILES string of the molecule is O=C(CN1CCC(CO)C1)NC1=NN(c2ccc(Cl)c(Cl)c2)CC1. The lowest BCUT2D eigenvalue weighted by Gasteiger charge is -2.15. The van der Waals surface area contributed by atoms with E-state index >= 15 is 0 Å². The van der Waals surface area contributed by atoms with Gasteiger partial charge in [0.25, 0.3) is 0 Å². The maximum atomic E-state index is 12.1. The molecule has 1 unspecified atom stereocenters. The molecule has 2 aliphatic heterocycles. The Hall–Kier alpha value is -1.34. The number of nitrogens with one attached hydrogen (secondary N) is 1. The summed E-state index contributed by atoms with van der Waals surface area (Å²) in [6.07, 6.45) is 1.61. The van der Waals surface area contributed by atoms with Gasteiger partial charge in [-0.05, 0) is 37.1 Å². The molecule has 8 heteroatoms. The zero-order chi connectivity index (χ0) is 17.1. The number of aliphatic hydroxyl groups excluding tert-OH is 1. The van der Waals surface area contributed by atoms with Crippen molar-refractivity contribution in [2.45, 2.75) is 12.8 Å². The number of halogens is 2. The van der Waals surface area contributed by atoms with Crippen LogP contribution in [0.25, 0.3) is 0 Å². The fourth-order valence-corrected chi connectivity index (χ4v) is 3.28. The molecule has 2 N–H and O–H groups in total. The first kappa shape index (κ1) is 17.5. The molecule has 0 saturated carbocycles. The van der Waals surface area contributed by atoms with Gasteiger partial charge in [-0.3, -0.25) is 14.7 Å². The van der Waals surface area contributed by atoms with E-state index in [1.165, 1.54) is 0 Å². The highest BCUT2D eigenvalue weighted by atomic mass is 35.5. The second-order valence-corrected chi connectivity index (χ2v) is 6.95. The van der Waals surface area contributed by atoms with Gasteiger partial charge in [0.2, 0.25) is 5.91 Å². The number of hydrazone groups is 1. The second kappa shape index (κ2) is 7.70. The van der Waals surface area contributed by atoms with Gasteiger partial charge in [0.15, 0.2) is 0 Å². The Balaban J connectivity index is 1.54. The molecule has 2 heterocycles. The molecule has 24 heavy (non-hydrogen) atoms. The van der Waals surface area contributed by atoms with Crippen LogP contribution in [-0.4, -0.2) is 54.5 Å². The first-order valence-corrected chi connectivity index (χ1v) is 8.74. The number of nitrogens with zero attached hydrogens (tertiary/aromatic N) is 3. The van der Waals surface area contributed by atoms with Crippen molar-refractivity contribution in [2.24, 2.45) is 11.0 Å². The van der Waals surface area contributed by atoms with Crippen LogP contribution in [-0.2, 0) is 4.79 Å². The van der Waals surface area contributed by atoms with Crippen molar-refractivity contribution in [2.75, 3.05) is 37.8 Å². The van der Waals surface area contributed by atoms with Crippen molar-refractivity contribution in [3.63, 3.8) is 0 Å². The smallest absolute Gasteiger partial charge is 0.239 e. The predicted octanol–water partition coefficient (Wildman–Crippen LogP) is 1.95. The zero-order valence-electron chi connectivity index (χ0n) is 13.2. The standard InChI is InChI=1S/C16H20Cl2N4O2/c17-13-2-1-12(7-14(13)18)22-6-4-15(20-22)19-16(24)9-21-5-3-11(8-21)10-23/h1-2,7,11,23H,3-6,8-10H2,(H,19,20,24). The van der Waals surface area contributed by atoms with Crippen molar-refractivity contribution in [1.29, 1.82) is 0 Å². The molecule has 0 aromatic heterocycles. The van der Waals surface area contributed by atoms with Crippen LogP contribution in [0.3, 0.4) is 0 Å². The molecule has 1 atom stereocenters. The third kappa shape index (κ3) is 4.19. The quantitative estimate of drug-likeness (QED) is 0.849. The summed E-state index contributed by atoms with van der Waals surface area (Å²) < 4.78 is 0. The Morgan fingerprint density at radius 1 is 1.33 bits per heavy atom. The van der Waals surface area contributed by atoms with Gasteiger partial charge in [0.05, 0.1) is 22.3 Å². The maximum Gasteiger partial charge on any atom is 0.239 e. The van der Waals surface area contributed by atoms with Crippen LogP contribution in [0.4, 0.5) is 5.69 Å². The van der Waals surface area contributed by atoms with E-state index in [-0.39, 0.29) is 18.4 Å². The van der Waals surface area contributed by atoms with E-state index in [1.807, 2.05) is 6.07 Å². The van der Waals surface area contributed by atoms with Crippen molar-refractivity contribution in [3.8, 4) is 0 Å². The molecule has 0 spiro atoms. The topological polar surface area (TPSA) is 68.2 Å². The van der Waals surface area contributed by atoms with E-state index in [0.29, 0.717) is 35.4 Å². The minimum absolute atomic E-state index is 0.0664. The first-order valence-electron chi connectivity index (χ1n) is 7.98. The summed E-state index contributed by atoms with van der Waals surface area (Å²) >= 11 is 12.0. The number of anilines is 1. The fraction of sp³-hybridized carbons (Fsp3) is 0.500. The van der Waals surface area contributed by atoms with E-state index in [2.05, 4.69) is 15.3 Å². The summed E-state index contributed by atoms with van der Waals surface area (Å²) in [7, 11) is 0. The van der Waals surface area contributed by atoms with Gasteiger partial charge in [0.1, 0.15) is 5.84 Å². The van der Waals surface area contributed by atoms with E-state index in [0.717, 1.165) is 25.2 Å². The van der Waals surface area contributed by atoms with E-state index in [1.54, 1.807) is 17.1 Å². The molecule has 1 saturated heterocycles. The van der Waals surface area contributed by atoms with Gasteiger partial charge in [-0.1, -0.05) is 23.2 Å². The number of carbonyl (C=O) groups is 1. The second-order valence-electron chi connectivity index (χ2n) is 6.14. The van der Waals surface area contributed by atoms with Crippen molar-refractivity contribution in [1.82, 2.24) is 10.2 Å². The summed E-state index contributed by atoms with van der Waals surface area (Å²) in [4.78, 5) is 14.2. The Bertz CT molecular complexity index is 653. The van der Waals surface area contributed by atoms with Gasteiger partial charge in [0, 0.05) is 26.1 Å². The first-order chi connectivity index (χ1) is 11.5. The van der Waals surface area contributed by atoms with Crippen LogP contribution < -0.4 is 10.3 Å². The van der Waals surface area contributed by atoms with E-state index in [9.17, 15) is 4.79 Å². The number of hydrogen-bond donors (Lipinski definition) is 2. The predicted molar refractivity (Wildman–Crippen MR) is 95.6 cm³/mol. The minimum Gasteiger partial charge on any atom is -0.396 e. The lowest BCUT2D eigenvalue weighted by atomic mass is 10.1. The Morgan fingerprint density at radius 3 is 2.88 bits per heavy atom. The molecule has 2 aliphatic rings. The summed E-state index contributed by atoms with van der Waals surface area (Å²) in [5.74, 6) is 0.874. The number of amides is 1. The zero-order valence-corrected chi connectivity index (χ0v) is 14.7. The largest absolute Gasteiger partial charge is 0.396 e. The molecule has 130 valence electrons. The molecule has 0 aliphatic carbocycles. The monoisotopic (exact) mass is 370 g/mol. The molecule has 3 rings (SSSR count). The number of benzene rings is 1. The van der Waals surface area contributed by atoms with Gasteiger partial charge in [-0.25, -0.2) is 0 Å². The Labute approximate surface area is 151 Å². The number of aliphatic hydroxyl groups is 1. The molecule has 1 aromatic rings. The highest BCUT2D eigenvalue weighted by molar-refractivity contribution is 6.42. The van der Waals surface area contributed by atoms with Gasteiger partial charge in [-0.2, -0.15) is 5.10 Å². The van der Waals surface area contributed by atoms with Crippen molar-refractivity contribution in [3.05, 3.63) is 28.2 Å². The Morgan fingerprint density at radius 2 is 2.17 bits per heavy atom. The fourth-order valence-electron chi connectivity index (χ4n) is 2.99. The molecule has 6 nitrogen and oxygen atoms in total. The molecule has 1 aromatic carbocycles. The summed E-state index contributed by atoms with van der Waals surface area (Å²) in [5, 5.41) is 19.2. The third-order valence-electron chi connectivity index (χ3n) is 4.28. The van der Waals surface area contributed by atoms with Crippen molar-refractivity contribution < 1.29 is 9.90 Å². The number of hydrogen-bond acceptors (Lipinski definition) is 5. The lowest BCUT2D eigenvalue weighted by molar-refractivity contribution is -0.120. The van der Waals surface area contributed by atoms with Crippen LogP contribution in [0.15, 0.2) is 23.3 Å². The lowest BCUT2D eigenvalue weighted by Crippen LogP contribution is -2.38. The molecule has 1 amide bonds. The third-order valence-corrected chi connectivity index (χ3v) is 5.02. The number of amidine groups is 1. The normalized spacial score (nSPS) is 21.2. The maximum absolute atomic E-state index is 12.1. The van der Waals surface area contributed by atoms with Gasteiger partial charge < -0.3 is 10.4 Å². The number of likely N-dealkylation sites (tertiary alicyclic amines) is 1. The molecule has 0 radical (unpaired) electrons.